The van der Waals surface area contributed by atoms with Crippen LogP contribution < -0.4 is 9.62 Å². The number of nitrogens with one attached hydrogen (secondary N) is 1. The first-order chi connectivity index (χ1) is 21.1. The highest BCUT2D eigenvalue weighted by atomic mass is 35.5. The van der Waals surface area contributed by atoms with Crippen LogP contribution in [0.2, 0.25) is 10.0 Å². The van der Waals surface area contributed by atoms with Crippen LogP contribution in [0.25, 0.3) is 11.3 Å². The maximum atomic E-state index is 13.5. The number of carbonyl (C=O) groups is 2. The van der Waals surface area contributed by atoms with Gasteiger partial charge in [-0.1, -0.05) is 34.4 Å². The van der Waals surface area contributed by atoms with Crippen molar-refractivity contribution in [2.45, 2.75) is 81.0 Å². The Labute approximate surface area is 263 Å². The number of piperidine rings is 1. The minimum atomic E-state index is -4.04. The van der Waals surface area contributed by atoms with Gasteiger partial charge in [-0.3, -0.25) is 9.59 Å². The summed E-state index contributed by atoms with van der Waals surface area (Å²) >= 11 is 13.0. The molecule has 0 spiro atoms. The molecular weight excluding hydrogens is 631 g/mol. The number of amides is 2. The van der Waals surface area contributed by atoms with Crippen LogP contribution in [0.5, 0.6) is 0 Å². The molecule has 2 N–H and O–H groups in total. The number of aliphatic hydroxyl groups excluding tert-OH is 1. The van der Waals surface area contributed by atoms with Gasteiger partial charge in [0.1, 0.15) is 22.4 Å². The molecule has 11 nitrogen and oxygen atoms in total. The number of aromatic nitrogens is 2. The maximum Gasteiger partial charge on any atom is 0.283 e. The number of halogens is 2. The van der Waals surface area contributed by atoms with Gasteiger partial charge in [0, 0.05) is 23.1 Å². The summed E-state index contributed by atoms with van der Waals surface area (Å²) in [5.41, 5.74) is 2.38. The van der Waals surface area contributed by atoms with E-state index in [0.29, 0.717) is 52.7 Å². The van der Waals surface area contributed by atoms with Crippen molar-refractivity contribution in [1.82, 2.24) is 14.9 Å². The van der Waals surface area contributed by atoms with Crippen LogP contribution in [0.4, 0.5) is 5.69 Å². The summed E-state index contributed by atoms with van der Waals surface area (Å²) in [7, 11) is -4.04. The molecule has 2 aromatic heterocycles. The summed E-state index contributed by atoms with van der Waals surface area (Å²) < 4.78 is 39.3. The highest BCUT2D eigenvalue weighted by molar-refractivity contribution is 7.90. The Bertz CT molecular complexity index is 1710. The Morgan fingerprint density at radius 3 is 2.52 bits per heavy atom. The Morgan fingerprint density at radius 2 is 1.89 bits per heavy atom. The average molecular weight is 662 g/mol. The summed E-state index contributed by atoms with van der Waals surface area (Å²) in [6.07, 6.45) is 4.60. The van der Waals surface area contributed by atoms with Gasteiger partial charge in [0.05, 0.1) is 46.7 Å². The van der Waals surface area contributed by atoms with Gasteiger partial charge in [-0.15, -0.1) is 0 Å². The number of rotatable bonds is 9. The number of sulfonamides is 1. The number of nitrogens with zero attached hydrogens (tertiary/aromatic N) is 3. The summed E-state index contributed by atoms with van der Waals surface area (Å²) in [4.78, 5) is 31.9. The molecule has 1 saturated heterocycles. The van der Waals surface area contributed by atoms with Crippen molar-refractivity contribution in [2.75, 3.05) is 4.90 Å². The van der Waals surface area contributed by atoms with Gasteiger partial charge in [0.25, 0.3) is 5.91 Å². The smallest absolute Gasteiger partial charge is 0.283 e. The topological polar surface area (TPSA) is 152 Å². The van der Waals surface area contributed by atoms with Crippen molar-refractivity contribution < 1.29 is 32.4 Å². The van der Waals surface area contributed by atoms with Crippen molar-refractivity contribution in [2.24, 2.45) is 5.92 Å². The van der Waals surface area contributed by atoms with Crippen LogP contribution in [0.3, 0.4) is 0 Å². The normalized spacial score (nSPS) is 26.5. The van der Waals surface area contributed by atoms with Gasteiger partial charge >= 0.3 is 0 Å². The Kier molecular flexibility index (Phi) is 7.69. The predicted octanol–water partition coefficient (Wildman–Crippen LogP) is 4.60. The van der Waals surface area contributed by atoms with Crippen molar-refractivity contribution in [3.63, 3.8) is 0 Å². The number of hydrogen-bond acceptors (Lipinski definition) is 9. The Morgan fingerprint density at radius 1 is 1.11 bits per heavy atom. The number of anilines is 1. The number of hydrogen-bond donors (Lipinski definition) is 2. The largest absolute Gasteiger partial charge is 0.392 e. The molecule has 1 aromatic carbocycles. The molecular formula is C30H30Cl2N4O7S. The molecule has 3 aliphatic carbocycles. The van der Waals surface area contributed by atoms with Crippen molar-refractivity contribution in [3.8, 4) is 11.3 Å². The van der Waals surface area contributed by atoms with E-state index in [1.54, 1.807) is 29.2 Å². The van der Waals surface area contributed by atoms with E-state index in [-0.39, 0.29) is 48.6 Å². The summed E-state index contributed by atoms with van der Waals surface area (Å²) in [6.45, 7) is 0.208. The molecule has 44 heavy (non-hydrogen) atoms. The second-order valence-corrected chi connectivity index (χ2v) is 14.7. The van der Waals surface area contributed by atoms with E-state index in [1.165, 1.54) is 12.3 Å². The van der Waals surface area contributed by atoms with E-state index in [0.717, 1.165) is 24.2 Å². The number of pyridine rings is 1. The molecule has 2 bridgehead atoms. The second kappa shape index (κ2) is 11.4. The molecule has 0 unspecified atom stereocenters. The average Bonchev–Trinajstić information content (AvgIpc) is 3.27. The van der Waals surface area contributed by atoms with Crippen LogP contribution in [0.15, 0.2) is 41.1 Å². The highest BCUT2D eigenvalue weighted by Crippen LogP contribution is 2.47. The summed E-state index contributed by atoms with van der Waals surface area (Å²) in [5.74, 6) is -0.266. The lowest BCUT2D eigenvalue weighted by molar-refractivity contribution is -0.126. The van der Waals surface area contributed by atoms with Gasteiger partial charge in [-0.2, -0.15) is 0 Å². The molecule has 2 amide bonds. The fourth-order valence-corrected chi connectivity index (χ4v) is 8.87. The van der Waals surface area contributed by atoms with Gasteiger partial charge < -0.3 is 19.3 Å². The lowest BCUT2D eigenvalue weighted by Crippen LogP contribution is -2.43. The molecule has 4 fully saturated rings. The van der Waals surface area contributed by atoms with Gasteiger partial charge in [0.2, 0.25) is 15.9 Å². The van der Waals surface area contributed by atoms with Crippen LogP contribution in [-0.4, -0.2) is 59.0 Å². The van der Waals surface area contributed by atoms with Crippen LogP contribution >= 0.6 is 23.2 Å². The first-order valence-corrected chi connectivity index (χ1v) is 17.0. The van der Waals surface area contributed by atoms with Crippen LogP contribution in [0.1, 0.15) is 72.7 Å². The van der Waals surface area contributed by atoms with Gasteiger partial charge in [-0.05, 0) is 69.2 Å². The van der Waals surface area contributed by atoms with E-state index >= 15 is 0 Å². The quantitative estimate of drug-likeness (QED) is 0.335. The van der Waals surface area contributed by atoms with Crippen molar-refractivity contribution in [1.29, 1.82) is 0 Å². The molecule has 7 rings (SSSR count). The Balaban J connectivity index is 1.02. The molecule has 14 heteroatoms. The predicted molar refractivity (Wildman–Crippen MR) is 161 cm³/mol. The van der Waals surface area contributed by atoms with E-state index < -0.39 is 27.3 Å². The zero-order chi connectivity index (χ0) is 30.7. The van der Waals surface area contributed by atoms with Gasteiger partial charge in [-0.25, -0.2) is 18.1 Å². The minimum absolute atomic E-state index is 0.0924. The zero-order valence-corrected chi connectivity index (χ0v) is 25.8. The summed E-state index contributed by atoms with van der Waals surface area (Å²) in [5, 5.41) is 14.2. The third-order valence-corrected chi connectivity index (χ3v) is 11.6. The molecule has 0 radical (unpaired) electrons. The number of fused-ring (bicyclic) bond motifs is 2. The number of aliphatic hydroxyl groups is 1. The maximum absolute atomic E-state index is 13.5. The molecule has 3 aromatic rings. The SMILES string of the molecule is O=C(NS(=O)(=O)[C@@H]1CCC[C@H]1O)c1ccc(N2C(=O)[C@@H]3C[C@H]2C[C@H]3OCc2c(-c3c(Cl)cccc3Cl)noc2C2CC2)cn1. The monoisotopic (exact) mass is 660 g/mol. The fraction of sp³-hybridized carbons (Fsp3) is 0.467. The van der Waals surface area contributed by atoms with E-state index in [9.17, 15) is 23.1 Å². The third kappa shape index (κ3) is 5.30. The summed E-state index contributed by atoms with van der Waals surface area (Å²) in [6, 6.07) is 8.15. The molecule has 5 atom stereocenters. The van der Waals surface area contributed by atoms with E-state index in [2.05, 4.69) is 10.1 Å². The first kappa shape index (κ1) is 29.7. The minimum Gasteiger partial charge on any atom is -0.392 e. The highest BCUT2D eigenvalue weighted by Gasteiger charge is 2.52. The van der Waals surface area contributed by atoms with E-state index in [4.69, 9.17) is 32.5 Å². The molecule has 232 valence electrons. The Hall–Kier alpha value is -3.03. The zero-order valence-electron chi connectivity index (χ0n) is 23.5. The lowest BCUT2D eigenvalue weighted by Gasteiger charge is -2.31. The number of benzene rings is 1. The lowest BCUT2D eigenvalue weighted by atomic mass is 10.0. The molecule has 3 saturated carbocycles. The van der Waals surface area contributed by atoms with Crippen molar-refractivity contribution >= 4 is 50.7 Å². The molecule has 4 aliphatic rings. The van der Waals surface area contributed by atoms with Gasteiger partial charge in [0.15, 0.2) is 0 Å². The third-order valence-electron chi connectivity index (χ3n) is 9.12. The molecule has 3 heterocycles. The van der Waals surface area contributed by atoms with Crippen molar-refractivity contribution in [3.05, 3.63) is 63.6 Å². The fourth-order valence-electron chi connectivity index (χ4n) is 6.75. The standard InChI is InChI=1S/C30H30Cl2N4O7S/c31-20-3-1-4-21(32)26(20)27-19(28(43-34-27)15-7-8-15)14-42-24-12-17-11-18(24)30(39)36(17)16-9-10-22(33-13-16)29(38)35-44(40,41)25-6-2-5-23(25)37/h1,3-4,9-10,13,15,17-18,23-25,37H,2,5-8,11-12,14H2,(H,35,38)/t17-,18+,23+,24+,25+/m0/s1. The van der Waals surface area contributed by atoms with Crippen LogP contribution in [-0.2, 0) is 26.2 Å². The first-order valence-electron chi connectivity index (χ1n) is 14.7. The molecule has 1 aliphatic heterocycles. The van der Waals surface area contributed by atoms with Crippen LogP contribution in [0, 0.1) is 5.92 Å². The van der Waals surface area contributed by atoms with E-state index in [1.807, 2.05) is 4.72 Å². The number of carbonyl (C=O) groups excluding carboxylic acids is 2. The second-order valence-electron chi connectivity index (χ2n) is 11.9. The number of ether oxygens (including phenoxy) is 1.